The highest BCUT2D eigenvalue weighted by Gasteiger charge is 2.38. The van der Waals surface area contributed by atoms with Crippen molar-refractivity contribution < 1.29 is 18.3 Å². The van der Waals surface area contributed by atoms with E-state index in [1.807, 2.05) is 24.3 Å². The number of hydrogen-bond acceptors (Lipinski definition) is 5. The van der Waals surface area contributed by atoms with Gasteiger partial charge in [-0.15, -0.1) is 0 Å². The van der Waals surface area contributed by atoms with Crippen molar-refractivity contribution in [2.45, 2.75) is 17.5 Å². The first-order chi connectivity index (χ1) is 15.4. The Balaban J connectivity index is 1.46. The monoisotopic (exact) mass is 448 g/mol. The topological polar surface area (TPSA) is 129 Å². The molecule has 0 radical (unpaired) electrons. The van der Waals surface area contributed by atoms with E-state index in [-0.39, 0.29) is 18.0 Å². The van der Waals surface area contributed by atoms with Gasteiger partial charge in [-0.3, -0.25) is 4.79 Å². The number of nitrogens with zero attached hydrogens (tertiary/aromatic N) is 2. The van der Waals surface area contributed by atoms with Gasteiger partial charge in [-0.1, -0.05) is 24.3 Å². The van der Waals surface area contributed by atoms with Crippen LogP contribution >= 0.6 is 0 Å². The molecule has 0 fully saturated rings. The minimum Gasteiger partial charge on any atom is -0.394 e. The van der Waals surface area contributed by atoms with E-state index in [9.17, 15) is 18.3 Å². The van der Waals surface area contributed by atoms with Crippen LogP contribution in [0.1, 0.15) is 27.5 Å². The van der Waals surface area contributed by atoms with E-state index in [0.717, 1.165) is 11.1 Å². The highest BCUT2D eigenvalue weighted by atomic mass is 32.2. The average molecular weight is 449 g/mol. The van der Waals surface area contributed by atoms with E-state index < -0.39 is 22.0 Å². The number of fused-ring (bicyclic) bond motifs is 2. The van der Waals surface area contributed by atoms with Crippen molar-refractivity contribution >= 4 is 27.0 Å². The maximum Gasteiger partial charge on any atom is 0.248 e. The van der Waals surface area contributed by atoms with E-state index in [4.69, 9.17) is 5.73 Å². The Hall–Kier alpha value is -3.53. The second kappa shape index (κ2) is 7.56. The van der Waals surface area contributed by atoms with Crippen LogP contribution in [0, 0.1) is 0 Å². The molecule has 162 valence electrons. The normalized spacial score (nSPS) is 16.3. The number of aliphatic hydroxyl groups is 1. The van der Waals surface area contributed by atoms with Gasteiger partial charge < -0.3 is 15.8 Å². The second-order valence-corrected chi connectivity index (χ2v) is 9.54. The van der Waals surface area contributed by atoms with E-state index in [2.05, 4.69) is 9.97 Å². The fourth-order valence-corrected chi connectivity index (χ4v) is 5.67. The van der Waals surface area contributed by atoms with Crippen molar-refractivity contribution in [2.24, 2.45) is 5.73 Å². The Morgan fingerprint density at radius 1 is 1.12 bits per heavy atom. The summed E-state index contributed by atoms with van der Waals surface area (Å²) in [5, 5.41) is 9.86. The van der Waals surface area contributed by atoms with Gasteiger partial charge in [0.15, 0.2) is 0 Å². The lowest BCUT2D eigenvalue weighted by Crippen LogP contribution is -2.31. The van der Waals surface area contributed by atoms with Crippen LogP contribution in [0.25, 0.3) is 22.4 Å². The van der Waals surface area contributed by atoms with Gasteiger partial charge in [-0.05, 0) is 53.6 Å². The molecule has 1 aliphatic rings. The number of H-pyrrole nitrogens is 1. The SMILES string of the molecule is NC(=O)c1ccc2nc(-c3ccc(S(=O)(=O)N4Cc5ccccc5[C@H]4CO)cc3)[nH]c2c1. The van der Waals surface area contributed by atoms with Crippen molar-refractivity contribution in [1.82, 2.24) is 14.3 Å². The molecule has 0 unspecified atom stereocenters. The number of imidazole rings is 1. The molecule has 1 atom stereocenters. The number of aromatic nitrogens is 2. The Morgan fingerprint density at radius 3 is 2.59 bits per heavy atom. The molecule has 2 heterocycles. The average Bonchev–Trinajstić information content (AvgIpc) is 3.40. The first-order valence-electron chi connectivity index (χ1n) is 9.99. The molecule has 4 aromatic rings. The molecule has 1 aromatic heterocycles. The third kappa shape index (κ3) is 3.27. The van der Waals surface area contributed by atoms with Gasteiger partial charge in [0.1, 0.15) is 5.82 Å². The number of rotatable bonds is 5. The van der Waals surface area contributed by atoms with Gasteiger partial charge in [0.05, 0.1) is 28.6 Å². The van der Waals surface area contributed by atoms with Crippen LogP contribution in [0.15, 0.2) is 71.6 Å². The van der Waals surface area contributed by atoms with Crippen LogP contribution in [0.3, 0.4) is 0 Å². The number of primary amides is 1. The lowest BCUT2D eigenvalue weighted by Gasteiger charge is -2.23. The zero-order valence-corrected chi connectivity index (χ0v) is 17.7. The minimum atomic E-state index is -3.82. The highest BCUT2D eigenvalue weighted by molar-refractivity contribution is 7.89. The van der Waals surface area contributed by atoms with Crippen molar-refractivity contribution in [2.75, 3.05) is 6.61 Å². The molecule has 3 aromatic carbocycles. The Bertz CT molecular complexity index is 1440. The maximum atomic E-state index is 13.3. The first kappa shape index (κ1) is 20.4. The number of aromatic amines is 1. The van der Waals surface area contributed by atoms with Crippen LogP contribution in [0.4, 0.5) is 0 Å². The van der Waals surface area contributed by atoms with Crippen molar-refractivity contribution in [3.05, 3.63) is 83.4 Å². The van der Waals surface area contributed by atoms with Crippen LogP contribution < -0.4 is 5.73 Å². The summed E-state index contributed by atoms with van der Waals surface area (Å²) in [5.41, 5.74) is 9.45. The Kier molecular flexibility index (Phi) is 4.81. The molecule has 8 nitrogen and oxygen atoms in total. The summed E-state index contributed by atoms with van der Waals surface area (Å²) in [4.78, 5) is 19.2. The number of aliphatic hydroxyl groups excluding tert-OH is 1. The Morgan fingerprint density at radius 2 is 1.88 bits per heavy atom. The van der Waals surface area contributed by atoms with Gasteiger partial charge in [-0.2, -0.15) is 4.31 Å². The molecule has 0 saturated carbocycles. The third-order valence-electron chi connectivity index (χ3n) is 5.76. The maximum absolute atomic E-state index is 13.3. The minimum absolute atomic E-state index is 0.139. The number of amides is 1. The summed E-state index contributed by atoms with van der Waals surface area (Å²) in [6, 6.07) is 18.2. The number of carbonyl (C=O) groups is 1. The largest absolute Gasteiger partial charge is 0.394 e. The molecule has 4 N–H and O–H groups in total. The van der Waals surface area contributed by atoms with Crippen LogP contribution in [0.2, 0.25) is 0 Å². The lowest BCUT2D eigenvalue weighted by atomic mass is 10.1. The van der Waals surface area contributed by atoms with Gasteiger partial charge in [-0.25, -0.2) is 13.4 Å². The first-order valence-corrected chi connectivity index (χ1v) is 11.4. The second-order valence-electron chi connectivity index (χ2n) is 7.65. The van der Waals surface area contributed by atoms with Gasteiger partial charge in [0.25, 0.3) is 0 Å². The smallest absolute Gasteiger partial charge is 0.248 e. The van der Waals surface area contributed by atoms with Crippen LogP contribution in [-0.4, -0.2) is 40.3 Å². The van der Waals surface area contributed by atoms with E-state index in [0.29, 0.717) is 28.0 Å². The van der Waals surface area contributed by atoms with Crippen molar-refractivity contribution in [3.8, 4) is 11.4 Å². The van der Waals surface area contributed by atoms with Crippen LogP contribution in [-0.2, 0) is 16.6 Å². The molecule has 32 heavy (non-hydrogen) atoms. The summed E-state index contributed by atoms with van der Waals surface area (Å²) in [7, 11) is -3.82. The zero-order valence-electron chi connectivity index (χ0n) is 16.9. The highest BCUT2D eigenvalue weighted by Crippen LogP contribution is 2.37. The zero-order chi connectivity index (χ0) is 22.5. The summed E-state index contributed by atoms with van der Waals surface area (Å²) >= 11 is 0. The molecular formula is C23H20N4O4S. The fraction of sp³-hybridized carbons (Fsp3) is 0.130. The number of hydrogen-bond donors (Lipinski definition) is 3. The van der Waals surface area contributed by atoms with Crippen molar-refractivity contribution in [1.29, 1.82) is 0 Å². The molecule has 0 aliphatic carbocycles. The molecule has 1 amide bonds. The van der Waals surface area contributed by atoms with E-state index in [1.54, 1.807) is 30.3 Å². The summed E-state index contributed by atoms with van der Waals surface area (Å²) in [6.45, 7) is -0.0716. The number of carbonyl (C=O) groups excluding carboxylic acids is 1. The standard InChI is InChI=1S/C23H20N4O4S/c24-22(29)15-7-10-19-20(11-15)26-23(25-19)14-5-8-17(9-6-14)32(30,31)27-12-16-3-1-2-4-18(16)21(27)13-28/h1-11,21,28H,12-13H2,(H2,24,29)(H,25,26)/t21-/m1/s1. The van der Waals surface area contributed by atoms with Crippen molar-refractivity contribution in [3.63, 3.8) is 0 Å². The molecule has 0 bridgehead atoms. The molecule has 5 rings (SSSR count). The summed E-state index contributed by atoms with van der Waals surface area (Å²) < 4.78 is 28.0. The van der Waals surface area contributed by atoms with E-state index in [1.165, 1.54) is 16.4 Å². The number of sulfonamides is 1. The summed E-state index contributed by atoms with van der Waals surface area (Å²) in [6.07, 6.45) is 0. The molecule has 0 spiro atoms. The molecule has 0 saturated heterocycles. The van der Waals surface area contributed by atoms with Crippen LogP contribution in [0.5, 0.6) is 0 Å². The van der Waals surface area contributed by atoms with Gasteiger partial charge in [0, 0.05) is 17.7 Å². The van der Waals surface area contributed by atoms with Gasteiger partial charge in [0.2, 0.25) is 15.9 Å². The summed E-state index contributed by atoms with van der Waals surface area (Å²) in [5.74, 6) is 0.0234. The van der Waals surface area contributed by atoms with Gasteiger partial charge >= 0.3 is 0 Å². The predicted molar refractivity (Wildman–Crippen MR) is 119 cm³/mol. The molecule has 1 aliphatic heterocycles. The number of nitrogens with two attached hydrogens (primary N) is 1. The Labute approximate surface area is 184 Å². The molecular weight excluding hydrogens is 428 g/mol. The molecule has 9 heteroatoms. The fourth-order valence-electron chi connectivity index (χ4n) is 4.10. The lowest BCUT2D eigenvalue weighted by molar-refractivity contribution is 0.100. The van der Waals surface area contributed by atoms with E-state index >= 15 is 0 Å². The predicted octanol–water partition coefficient (Wildman–Crippen LogP) is 2.57. The number of benzene rings is 3. The number of nitrogens with one attached hydrogen (secondary N) is 1. The quantitative estimate of drug-likeness (QED) is 0.432. The third-order valence-corrected chi connectivity index (χ3v) is 7.63.